The molecule has 168 valence electrons. The van der Waals surface area contributed by atoms with Gasteiger partial charge in [0.1, 0.15) is 10.7 Å². The number of hydrogen-bond acceptors (Lipinski definition) is 6. The number of rotatable bonds is 10. The summed E-state index contributed by atoms with van der Waals surface area (Å²) in [6, 6.07) is 6.63. The first-order valence-corrected chi connectivity index (χ1v) is 11.6. The van der Waals surface area contributed by atoms with Crippen molar-refractivity contribution < 1.29 is 14.3 Å². The molecule has 10 heteroatoms. The second kappa shape index (κ2) is 12.0. The molecule has 0 atom stereocenters. The maximum atomic E-state index is 12.7. The number of likely N-dealkylation sites (tertiary alicyclic amines) is 1. The SMILES string of the molecule is COCCN(Cc1nc(C(=O)NCCN2CCCC2)cs1)C(=O)Nc1ccc(Cl)cc1. The molecule has 2 aromatic rings. The van der Waals surface area contributed by atoms with Gasteiger partial charge in [0, 0.05) is 42.8 Å². The zero-order valence-corrected chi connectivity index (χ0v) is 19.2. The van der Waals surface area contributed by atoms with E-state index in [-0.39, 0.29) is 18.5 Å². The van der Waals surface area contributed by atoms with Crippen molar-refractivity contribution in [1.82, 2.24) is 20.1 Å². The van der Waals surface area contributed by atoms with Gasteiger partial charge in [-0.05, 0) is 50.2 Å². The van der Waals surface area contributed by atoms with Gasteiger partial charge in [-0.15, -0.1) is 11.3 Å². The standard InChI is InChI=1S/C21H28ClN5O3S/c1-30-13-12-27(21(29)24-17-6-4-16(22)5-7-17)14-19-25-18(15-31-19)20(28)23-8-11-26-9-2-3-10-26/h4-7,15H,2-3,8-14H2,1H3,(H,23,28)(H,24,29). The predicted octanol–water partition coefficient (Wildman–Crippen LogP) is 3.30. The van der Waals surface area contributed by atoms with Crippen LogP contribution in [0.4, 0.5) is 10.5 Å². The van der Waals surface area contributed by atoms with Crippen LogP contribution in [0.3, 0.4) is 0 Å². The average Bonchev–Trinajstić information content (AvgIpc) is 3.45. The first-order chi connectivity index (χ1) is 15.0. The Morgan fingerprint density at radius 1 is 1.26 bits per heavy atom. The van der Waals surface area contributed by atoms with Gasteiger partial charge in [-0.25, -0.2) is 9.78 Å². The lowest BCUT2D eigenvalue weighted by molar-refractivity contribution is 0.0945. The molecule has 0 spiro atoms. The molecule has 1 saturated heterocycles. The molecule has 3 rings (SSSR count). The normalized spacial score (nSPS) is 13.9. The molecule has 2 heterocycles. The number of hydrogen-bond donors (Lipinski definition) is 2. The van der Waals surface area contributed by atoms with Crippen LogP contribution < -0.4 is 10.6 Å². The Kier molecular flexibility index (Phi) is 9.08. The zero-order chi connectivity index (χ0) is 22.1. The maximum absolute atomic E-state index is 12.7. The minimum absolute atomic E-state index is 0.184. The molecule has 1 aliphatic rings. The molecular weight excluding hydrogens is 438 g/mol. The van der Waals surface area contributed by atoms with Crippen molar-refractivity contribution in [3.63, 3.8) is 0 Å². The number of nitrogens with zero attached hydrogens (tertiary/aromatic N) is 3. The molecule has 1 aliphatic heterocycles. The van der Waals surface area contributed by atoms with Gasteiger partial charge in [0.15, 0.2) is 0 Å². The molecule has 0 bridgehead atoms. The molecule has 1 aromatic heterocycles. The van der Waals surface area contributed by atoms with E-state index in [0.717, 1.165) is 19.6 Å². The van der Waals surface area contributed by atoms with Crippen LogP contribution in [-0.4, -0.2) is 73.2 Å². The zero-order valence-electron chi connectivity index (χ0n) is 17.6. The molecule has 0 aliphatic carbocycles. The van der Waals surface area contributed by atoms with Crippen molar-refractivity contribution >= 4 is 40.6 Å². The predicted molar refractivity (Wildman–Crippen MR) is 123 cm³/mol. The number of benzene rings is 1. The lowest BCUT2D eigenvalue weighted by Gasteiger charge is -2.21. The van der Waals surface area contributed by atoms with Gasteiger partial charge >= 0.3 is 6.03 Å². The van der Waals surface area contributed by atoms with Crippen molar-refractivity contribution in [2.45, 2.75) is 19.4 Å². The van der Waals surface area contributed by atoms with Crippen LogP contribution in [0.5, 0.6) is 0 Å². The fourth-order valence-corrected chi connectivity index (χ4v) is 4.18. The van der Waals surface area contributed by atoms with Crippen LogP contribution >= 0.6 is 22.9 Å². The first kappa shape index (κ1) is 23.5. The van der Waals surface area contributed by atoms with Crippen LogP contribution in [0.15, 0.2) is 29.6 Å². The number of aromatic nitrogens is 1. The Bertz CT molecular complexity index is 855. The monoisotopic (exact) mass is 465 g/mol. The van der Waals surface area contributed by atoms with Crippen molar-refractivity contribution in [2.24, 2.45) is 0 Å². The van der Waals surface area contributed by atoms with Crippen molar-refractivity contribution in [3.8, 4) is 0 Å². The fourth-order valence-electron chi connectivity index (χ4n) is 3.27. The molecule has 31 heavy (non-hydrogen) atoms. The highest BCUT2D eigenvalue weighted by atomic mass is 35.5. The summed E-state index contributed by atoms with van der Waals surface area (Å²) in [5.41, 5.74) is 1.03. The summed E-state index contributed by atoms with van der Waals surface area (Å²) in [6.45, 7) is 4.75. The van der Waals surface area contributed by atoms with Crippen molar-refractivity contribution in [1.29, 1.82) is 0 Å². The van der Waals surface area contributed by atoms with Gasteiger partial charge in [0.25, 0.3) is 5.91 Å². The third-order valence-electron chi connectivity index (χ3n) is 4.97. The van der Waals surface area contributed by atoms with Gasteiger partial charge in [-0.2, -0.15) is 0 Å². The molecule has 0 radical (unpaired) electrons. The number of anilines is 1. The molecule has 0 saturated carbocycles. The number of ether oxygens (including phenoxy) is 1. The number of carbonyl (C=O) groups excluding carboxylic acids is 2. The lowest BCUT2D eigenvalue weighted by Crippen LogP contribution is -2.37. The van der Waals surface area contributed by atoms with Gasteiger partial charge in [0.2, 0.25) is 0 Å². The van der Waals surface area contributed by atoms with Crippen molar-refractivity contribution in [3.05, 3.63) is 45.4 Å². The van der Waals surface area contributed by atoms with Gasteiger partial charge < -0.3 is 25.2 Å². The highest BCUT2D eigenvalue weighted by molar-refractivity contribution is 7.09. The summed E-state index contributed by atoms with van der Waals surface area (Å²) in [4.78, 5) is 33.5. The molecule has 0 unspecified atom stereocenters. The molecule has 8 nitrogen and oxygen atoms in total. The number of methoxy groups -OCH3 is 1. The number of urea groups is 1. The molecule has 2 N–H and O–H groups in total. The second-order valence-electron chi connectivity index (χ2n) is 7.28. The number of carbonyl (C=O) groups is 2. The quantitative estimate of drug-likeness (QED) is 0.562. The van der Waals surface area contributed by atoms with E-state index in [4.69, 9.17) is 16.3 Å². The lowest BCUT2D eigenvalue weighted by atomic mass is 10.3. The summed E-state index contributed by atoms with van der Waals surface area (Å²) in [5.74, 6) is -0.184. The molecule has 3 amide bonds. The van der Waals surface area contributed by atoms with E-state index in [1.54, 1.807) is 41.7 Å². The van der Waals surface area contributed by atoms with Crippen LogP contribution in [-0.2, 0) is 11.3 Å². The maximum Gasteiger partial charge on any atom is 0.322 e. The second-order valence-corrected chi connectivity index (χ2v) is 8.66. The highest BCUT2D eigenvalue weighted by Crippen LogP contribution is 2.16. The number of thiazole rings is 1. The minimum Gasteiger partial charge on any atom is -0.383 e. The Labute approximate surface area is 191 Å². The summed E-state index contributed by atoms with van der Waals surface area (Å²) < 4.78 is 5.13. The fraction of sp³-hybridized carbons (Fsp3) is 0.476. The Morgan fingerprint density at radius 2 is 2.00 bits per heavy atom. The van der Waals surface area contributed by atoms with Crippen LogP contribution in [0.1, 0.15) is 28.3 Å². The van der Waals surface area contributed by atoms with E-state index in [1.165, 1.54) is 24.2 Å². The number of amides is 3. The van der Waals surface area contributed by atoms with Crippen LogP contribution in [0, 0.1) is 0 Å². The third-order valence-corrected chi connectivity index (χ3v) is 6.06. The Morgan fingerprint density at radius 3 is 2.71 bits per heavy atom. The molecule has 1 aromatic carbocycles. The number of halogens is 1. The Balaban J connectivity index is 1.54. The third kappa shape index (κ3) is 7.46. The van der Waals surface area contributed by atoms with E-state index >= 15 is 0 Å². The topological polar surface area (TPSA) is 86.8 Å². The van der Waals surface area contributed by atoms with Crippen LogP contribution in [0.25, 0.3) is 0 Å². The van der Waals surface area contributed by atoms with E-state index in [0.29, 0.717) is 41.1 Å². The van der Waals surface area contributed by atoms with E-state index in [1.807, 2.05) is 0 Å². The molecular formula is C21H28ClN5O3S. The smallest absolute Gasteiger partial charge is 0.322 e. The summed E-state index contributed by atoms with van der Waals surface area (Å²) in [5, 5.41) is 8.79. The van der Waals surface area contributed by atoms with E-state index in [2.05, 4.69) is 20.5 Å². The van der Waals surface area contributed by atoms with Crippen LogP contribution in [0.2, 0.25) is 5.02 Å². The van der Waals surface area contributed by atoms with Gasteiger partial charge in [-0.1, -0.05) is 11.6 Å². The summed E-state index contributed by atoms with van der Waals surface area (Å²) in [7, 11) is 1.59. The average molecular weight is 466 g/mol. The number of nitrogens with one attached hydrogen (secondary N) is 2. The van der Waals surface area contributed by atoms with Gasteiger partial charge in [-0.3, -0.25) is 4.79 Å². The first-order valence-electron chi connectivity index (χ1n) is 10.3. The summed E-state index contributed by atoms with van der Waals surface area (Å²) >= 11 is 7.26. The summed E-state index contributed by atoms with van der Waals surface area (Å²) in [6.07, 6.45) is 2.46. The minimum atomic E-state index is -0.272. The highest BCUT2D eigenvalue weighted by Gasteiger charge is 2.18. The van der Waals surface area contributed by atoms with Crippen molar-refractivity contribution in [2.75, 3.05) is 51.8 Å². The van der Waals surface area contributed by atoms with E-state index in [9.17, 15) is 9.59 Å². The van der Waals surface area contributed by atoms with Gasteiger partial charge in [0.05, 0.1) is 13.2 Å². The largest absolute Gasteiger partial charge is 0.383 e. The Hall–Kier alpha value is -2.20. The molecule has 1 fully saturated rings. The van der Waals surface area contributed by atoms with E-state index < -0.39 is 0 Å².